The van der Waals surface area contributed by atoms with Crippen LogP contribution in [0.25, 0.3) is 0 Å². The van der Waals surface area contributed by atoms with Gasteiger partial charge in [-0.2, -0.15) is 0 Å². The lowest BCUT2D eigenvalue weighted by Gasteiger charge is -2.45. The van der Waals surface area contributed by atoms with Crippen molar-refractivity contribution < 1.29 is 9.15 Å². The fourth-order valence-corrected chi connectivity index (χ4v) is 2.68. The maximum absolute atomic E-state index is 5.60. The van der Waals surface area contributed by atoms with Crippen LogP contribution in [0.1, 0.15) is 32.6 Å². The summed E-state index contributed by atoms with van der Waals surface area (Å²) in [5, 5.41) is 3.55. The third kappa shape index (κ3) is 2.76. The Hall–Kier alpha value is -0.840. The minimum Gasteiger partial charge on any atom is -0.468 e. The van der Waals surface area contributed by atoms with E-state index in [1.54, 1.807) is 6.26 Å². The lowest BCUT2D eigenvalue weighted by atomic mass is 9.90. The van der Waals surface area contributed by atoms with E-state index in [1.807, 2.05) is 6.07 Å². The first-order chi connectivity index (χ1) is 8.66. The van der Waals surface area contributed by atoms with Gasteiger partial charge < -0.3 is 14.5 Å². The van der Waals surface area contributed by atoms with Gasteiger partial charge in [0.1, 0.15) is 5.76 Å². The monoisotopic (exact) mass is 252 g/mol. The zero-order valence-corrected chi connectivity index (χ0v) is 11.6. The molecule has 1 atom stereocenters. The van der Waals surface area contributed by atoms with Crippen molar-refractivity contribution >= 4 is 0 Å². The molecule has 102 valence electrons. The first kappa shape index (κ1) is 13.6. The Morgan fingerprint density at radius 1 is 1.39 bits per heavy atom. The molecule has 0 aliphatic carbocycles. The summed E-state index contributed by atoms with van der Waals surface area (Å²) in [6.07, 6.45) is 1.75. The highest BCUT2D eigenvalue weighted by Gasteiger charge is 2.38. The van der Waals surface area contributed by atoms with Crippen molar-refractivity contribution in [2.45, 2.75) is 32.4 Å². The van der Waals surface area contributed by atoms with Crippen molar-refractivity contribution in [1.82, 2.24) is 10.2 Å². The minimum absolute atomic E-state index is 0.0116. The normalized spacial score (nSPS) is 19.9. The predicted molar refractivity (Wildman–Crippen MR) is 71.6 cm³/mol. The third-order valence-electron chi connectivity index (χ3n) is 3.77. The van der Waals surface area contributed by atoms with Gasteiger partial charge in [-0.1, -0.05) is 6.92 Å². The van der Waals surface area contributed by atoms with E-state index in [9.17, 15) is 0 Å². The van der Waals surface area contributed by atoms with Gasteiger partial charge in [0.25, 0.3) is 0 Å². The zero-order chi connectivity index (χ0) is 13.0. The molecule has 0 aromatic carbocycles. The standard InChI is InChI=1S/C14H24N2O2/c1-4-15-13(12-6-5-9-18-12)14(2,3)16-7-10-17-11-8-16/h5-6,9,13,15H,4,7-8,10-11H2,1-3H3. The highest BCUT2D eigenvalue weighted by molar-refractivity contribution is 5.11. The fourth-order valence-electron chi connectivity index (χ4n) is 2.68. The highest BCUT2D eigenvalue weighted by atomic mass is 16.5. The number of hydrogen-bond acceptors (Lipinski definition) is 4. The van der Waals surface area contributed by atoms with Crippen molar-refractivity contribution in [3.05, 3.63) is 24.2 Å². The zero-order valence-electron chi connectivity index (χ0n) is 11.6. The molecule has 0 saturated carbocycles. The molecule has 0 amide bonds. The van der Waals surface area contributed by atoms with Gasteiger partial charge in [-0.3, -0.25) is 4.90 Å². The Morgan fingerprint density at radius 3 is 2.67 bits per heavy atom. The van der Waals surface area contributed by atoms with Gasteiger partial charge in [0.15, 0.2) is 0 Å². The molecule has 1 aliphatic rings. The Morgan fingerprint density at radius 2 is 2.11 bits per heavy atom. The molecule has 0 radical (unpaired) electrons. The van der Waals surface area contributed by atoms with Crippen LogP contribution in [-0.4, -0.2) is 43.3 Å². The summed E-state index contributed by atoms with van der Waals surface area (Å²) in [4.78, 5) is 2.48. The predicted octanol–water partition coefficient (Wildman–Crippen LogP) is 2.04. The van der Waals surface area contributed by atoms with Gasteiger partial charge in [0.05, 0.1) is 25.5 Å². The minimum atomic E-state index is 0.0116. The average Bonchev–Trinajstić information content (AvgIpc) is 2.90. The number of hydrogen-bond donors (Lipinski definition) is 1. The van der Waals surface area contributed by atoms with E-state index >= 15 is 0 Å². The van der Waals surface area contributed by atoms with Gasteiger partial charge in [-0.15, -0.1) is 0 Å². The van der Waals surface area contributed by atoms with E-state index in [0.717, 1.165) is 38.6 Å². The van der Waals surface area contributed by atoms with Gasteiger partial charge >= 0.3 is 0 Å². The Labute approximate surface area is 109 Å². The molecule has 1 saturated heterocycles. The lowest BCUT2D eigenvalue weighted by Crippen LogP contribution is -2.56. The molecule has 0 spiro atoms. The van der Waals surface area contributed by atoms with Crippen LogP contribution in [0.15, 0.2) is 22.8 Å². The summed E-state index contributed by atoms with van der Waals surface area (Å²) >= 11 is 0. The van der Waals surface area contributed by atoms with Gasteiger partial charge in [-0.25, -0.2) is 0 Å². The number of likely N-dealkylation sites (N-methyl/N-ethyl adjacent to an activating group) is 1. The summed E-state index contributed by atoms with van der Waals surface area (Å²) in [6, 6.07) is 4.21. The van der Waals surface area contributed by atoms with Crippen LogP contribution in [0.3, 0.4) is 0 Å². The second kappa shape index (κ2) is 5.87. The van der Waals surface area contributed by atoms with Crippen LogP contribution in [0, 0.1) is 0 Å². The maximum Gasteiger partial charge on any atom is 0.122 e. The van der Waals surface area contributed by atoms with Crippen molar-refractivity contribution in [2.75, 3.05) is 32.8 Å². The Balaban J connectivity index is 2.17. The van der Waals surface area contributed by atoms with E-state index in [0.29, 0.717) is 0 Å². The second-order valence-electron chi connectivity index (χ2n) is 5.26. The SMILES string of the molecule is CCNC(c1ccco1)C(C)(C)N1CCOCC1. The summed E-state index contributed by atoms with van der Waals surface area (Å²) in [5.74, 6) is 1.01. The summed E-state index contributed by atoms with van der Waals surface area (Å²) in [5.41, 5.74) is 0.0116. The van der Waals surface area contributed by atoms with E-state index in [1.165, 1.54) is 0 Å². The third-order valence-corrected chi connectivity index (χ3v) is 3.77. The van der Waals surface area contributed by atoms with Crippen LogP contribution >= 0.6 is 0 Å². The van der Waals surface area contributed by atoms with Crippen LogP contribution in [0.2, 0.25) is 0 Å². The quantitative estimate of drug-likeness (QED) is 0.870. The highest BCUT2D eigenvalue weighted by Crippen LogP contribution is 2.31. The number of rotatable bonds is 5. The Bertz CT molecular complexity index is 343. The van der Waals surface area contributed by atoms with Crippen LogP contribution in [0.4, 0.5) is 0 Å². The van der Waals surface area contributed by atoms with Crippen LogP contribution in [-0.2, 0) is 4.74 Å². The molecule has 4 heteroatoms. The molecular weight excluding hydrogens is 228 g/mol. The number of ether oxygens (including phenoxy) is 1. The Kier molecular flexibility index (Phi) is 4.43. The smallest absolute Gasteiger partial charge is 0.122 e. The fraction of sp³-hybridized carbons (Fsp3) is 0.714. The molecule has 2 heterocycles. The summed E-state index contributed by atoms with van der Waals surface area (Å²) in [7, 11) is 0. The molecular formula is C14H24N2O2. The van der Waals surface area contributed by atoms with Gasteiger partial charge in [-0.05, 0) is 32.5 Å². The molecule has 18 heavy (non-hydrogen) atoms. The van der Waals surface area contributed by atoms with E-state index in [4.69, 9.17) is 9.15 Å². The van der Waals surface area contributed by atoms with E-state index in [-0.39, 0.29) is 11.6 Å². The number of furan rings is 1. The van der Waals surface area contributed by atoms with Crippen LogP contribution in [0.5, 0.6) is 0 Å². The summed E-state index contributed by atoms with van der Waals surface area (Å²) < 4.78 is 11.0. The van der Waals surface area contributed by atoms with Crippen molar-refractivity contribution in [1.29, 1.82) is 0 Å². The first-order valence-electron chi connectivity index (χ1n) is 6.76. The number of nitrogens with zero attached hydrogens (tertiary/aromatic N) is 1. The molecule has 1 aromatic heterocycles. The molecule has 1 fully saturated rings. The summed E-state index contributed by atoms with van der Waals surface area (Å²) in [6.45, 7) is 11.2. The van der Waals surface area contributed by atoms with Crippen molar-refractivity contribution in [3.63, 3.8) is 0 Å². The van der Waals surface area contributed by atoms with E-state index in [2.05, 4.69) is 37.1 Å². The number of morpholine rings is 1. The average molecular weight is 252 g/mol. The van der Waals surface area contributed by atoms with Crippen LogP contribution < -0.4 is 5.32 Å². The maximum atomic E-state index is 5.60. The van der Waals surface area contributed by atoms with Crippen molar-refractivity contribution in [3.8, 4) is 0 Å². The molecule has 1 aliphatic heterocycles. The largest absolute Gasteiger partial charge is 0.468 e. The molecule has 2 rings (SSSR count). The van der Waals surface area contributed by atoms with Crippen molar-refractivity contribution in [2.24, 2.45) is 0 Å². The second-order valence-corrected chi connectivity index (χ2v) is 5.26. The van der Waals surface area contributed by atoms with E-state index < -0.39 is 0 Å². The number of nitrogens with one attached hydrogen (secondary N) is 1. The molecule has 0 bridgehead atoms. The molecule has 1 unspecified atom stereocenters. The lowest BCUT2D eigenvalue weighted by molar-refractivity contribution is -0.0262. The van der Waals surface area contributed by atoms with Gasteiger partial charge in [0, 0.05) is 18.6 Å². The molecule has 1 N–H and O–H groups in total. The molecule has 1 aromatic rings. The first-order valence-corrected chi connectivity index (χ1v) is 6.76. The van der Waals surface area contributed by atoms with Gasteiger partial charge in [0.2, 0.25) is 0 Å². The molecule has 4 nitrogen and oxygen atoms in total. The topological polar surface area (TPSA) is 37.6 Å².